The van der Waals surface area contributed by atoms with Crippen LogP contribution in [0.3, 0.4) is 0 Å². The average Bonchev–Trinajstić information content (AvgIpc) is 2.42. The van der Waals surface area contributed by atoms with Gasteiger partial charge in [-0.2, -0.15) is 0 Å². The maximum Gasteiger partial charge on any atom is 0.338 e. The highest BCUT2D eigenvalue weighted by atomic mass is 16.5. The Morgan fingerprint density at radius 1 is 1.00 bits per heavy atom. The molecular formula is C17H18O2. The van der Waals surface area contributed by atoms with Gasteiger partial charge in [-0.05, 0) is 49.1 Å². The second-order valence-electron chi connectivity index (χ2n) is 4.51. The van der Waals surface area contributed by atoms with E-state index in [1.165, 1.54) is 11.1 Å². The largest absolute Gasteiger partial charge is 0.462 e. The van der Waals surface area contributed by atoms with Gasteiger partial charge in [0.1, 0.15) is 0 Å². The summed E-state index contributed by atoms with van der Waals surface area (Å²) in [5.41, 5.74) is 5.05. The third kappa shape index (κ3) is 2.68. The third-order valence-corrected chi connectivity index (χ3v) is 3.32. The van der Waals surface area contributed by atoms with Crippen molar-refractivity contribution in [2.45, 2.75) is 20.8 Å². The summed E-state index contributed by atoms with van der Waals surface area (Å²) in [5, 5.41) is 0. The summed E-state index contributed by atoms with van der Waals surface area (Å²) in [7, 11) is 0. The smallest absolute Gasteiger partial charge is 0.338 e. The highest BCUT2D eigenvalue weighted by Crippen LogP contribution is 2.28. The molecule has 2 aromatic rings. The summed E-state index contributed by atoms with van der Waals surface area (Å²) < 4.78 is 5.12. The van der Waals surface area contributed by atoms with Crippen LogP contribution in [0.15, 0.2) is 42.5 Å². The molecule has 0 N–H and O–H groups in total. The first-order valence-corrected chi connectivity index (χ1v) is 6.48. The summed E-state index contributed by atoms with van der Waals surface area (Å²) in [6, 6.07) is 13.7. The third-order valence-electron chi connectivity index (χ3n) is 3.32. The molecular weight excluding hydrogens is 236 g/mol. The molecule has 0 saturated carbocycles. The van der Waals surface area contributed by atoms with E-state index < -0.39 is 0 Å². The number of carbonyl (C=O) groups excluding carboxylic acids is 1. The fourth-order valence-corrected chi connectivity index (χ4v) is 2.15. The lowest BCUT2D eigenvalue weighted by molar-refractivity contribution is 0.0527. The van der Waals surface area contributed by atoms with Crippen LogP contribution in [-0.4, -0.2) is 12.6 Å². The molecule has 2 rings (SSSR count). The van der Waals surface area contributed by atoms with Crippen molar-refractivity contribution >= 4 is 5.97 Å². The van der Waals surface area contributed by atoms with Gasteiger partial charge in [0.15, 0.2) is 0 Å². The minimum atomic E-state index is -0.265. The SMILES string of the molecule is CCOC(=O)c1ccccc1-c1cccc(C)c1C. The van der Waals surface area contributed by atoms with Gasteiger partial charge in [-0.1, -0.05) is 36.4 Å². The molecule has 0 amide bonds. The summed E-state index contributed by atoms with van der Waals surface area (Å²) >= 11 is 0. The summed E-state index contributed by atoms with van der Waals surface area (Å²) in [6.45, 7) is 6.36. The molecule has 0 aliphatic rings. The molecule has 2 heteroatoms. The highest BCUT2D eigenvalue weighted by molar-refractivity contribution is 5.97. The van der Waals surface area contributed by atoms with Gasteiger partial charge >= 0.3 is 5.97 Å². The molecule has 0 saturated heterocycles. The van der Waals surface area contributed by atoms with Crippen molar-refractivity contribution < 1.29 is 9.53 Å². The monoisotopic (exact) mass is 254 g/mol. The molecule has 0 atom stereocenters. The van der Waals surface area contributed by atoms with E-state index in [-0.39, 0.29) is 5.97 Å². The number of hydrogen-bond donors (Lipinski definition) is 0. The van der Waals surface area contributed by atoms with E-state index in [9.17, 15) is 4.79 Å². The molecule has 0 aliphatic heterocycles. The van der Waals surface area contributed by atoms with Crippen LogP contribution in [-0.2, 0) is 4.74 Å². The Morgan fingerprint density at radius 2 is 1.68 bits per heavy atom. The van der Waals surface area contributed by atoms with E-state index in [4.69, 9.17) is 4.74 Å². The van der Waals surface area contributed by atoms with Crippen molar-refractivity contribution in [1.82, 2.24) is 0 Å². The molecule has 0 fully saturated rings. The molecule has 19 heavy (non-hydrogen) atoms. The zero-order valence-electron chi connectivity index (χ0n) is 11.6. The Hall–Kier alpha value is -2.09. The highest BCUT2D eigenvalue weighted by Gasteiger charge is 2.14. The van der Waals surface area contributed by atoms with E-state index >= 15 is 0 Å². The standard InChI is InChI=1S/C17H18O2/c1-4-19-17(18)16-10-6-5-9-15(16)14-11-7-8-12(2)13(14)3/h5-11H,4H2,1-3H3. The van der Waals surface area contributed by atoms with E-state index in [1.807, 2.05) is 43.3 Å². The maximum absolute atomic E-state index is 12.0. The van der Waals surface area contributed by atoms with Crippen molar-refractivity contribution in [3.63, 3.8) is 0 Å². The van der Waals surface area contributed by atoms with E-state index in [0.29, 0.717) is 12.2 Å². The predicted molar refractivity (Wildman–Crippen MR) is 77.3 cm³/mol. The zero-order chi connectivity index (χ0) is 13.8. The van der Waals surface area contributed by atoms with E-state index in [0.717, 1.165) is 11.1 Å². The van der Waals surface area contributed by atoms with Gasteiger partial charge in [0.05, 0.1) is 12.2 Å². The van der Waals surface area contributed by atoms with Crippen LogP contribution in [0.5, 0.6) is 0 Å². The summed E-state index contributed by atoms with van der Waals surface area (Å²) in [4.78, 5) is 12.0. The maximum atomic E-state index is 12.0. The molecule has 0 heterocycles. The number of hydrogen-bond acceptors (Lipinski definition) is 2. The Bertz CT molecular complexity index is 600. The fraction of sp³-hybridized carbons (Fsp3) is 0.235. The zero-order valence-corrected chi connectivity index (χ0v) is 11.6. The minimum absolute atomic E-state index is 0.265. The van der Waals surface area contributed by atoms with Crippen molar-refractivity contribution in [2.24, 2.45) is 0 Å². The number of benzene rings is 2. The van der Waals surface area contributed by atoms with Crippen molar-refractivity contribution in [1.29, 1.82) is 0 Å². The first-order valence-electron chi connectivity index (χ1n) is 6.48. The Labute approximate surface area is 114 Å². The quantitative estimate of drug-likeness (QED) is 0.769. The lowest BCUT2D eigenvalue weighted by atomic mass is 9.94. The van der Waals surface area contributed by atoms with Gasteiger partial charge in [-0.3, -0.25) is 0 Å². The van der Waals surface area contributed by atoms with Gasteiger partial charge in [0.25, 0.3) is 0 Å². The van der Waals surface area contributed by atoms with Crippen LogP contribution in [0, 0.1) is 13.8 Å². The molecule has 0 aliphatic carbocycles. The van der Waals surface area contributed by atoms with Crippen molar-refractivity contribution in [3.8, 4) is 11.1 Å². The Kier molecular flexibility index (Phi) is 4.00. The molecule has 0 aromatic heterocycles. The molecule has 2 nitrogen and oxygen atoms in total. The molecule has 0 spiro atoms. The van der Waals surface area contributed by atoms with Crippen LogP contribution in [0.2, 0.25) is 0 Å². The van der Waals surface area contributed by atoms with Crippen LogP contribution in [0.25, 0.3) is 11.1 Å². The number of rotatable bonds is 3. The number of aryl methyl sites for hydroxylation is 1. The Balaban J connectivity index is 2.56. The predicted octanol–water partition coefficient (Wildman–Crippen LogP) is 4.15. The average molecular weight is 254 g/mol. The molecule has 98 valence electrons. The number of carbonyl (C=O) groups is 1. The number of ether oxygens (including phenoxy) is 1. The van der Waals surface area contributed by atoms with Crippen molar-refractivity contribution in [3.05, 3.63) is 59.2 Å². The molecule has 0 bridgehead atoms. The van der Waals surface area contributed by atoms with E-state index in [2.05, 4.69) is 19.9 Å². The first kappa shape index (κ1) is 13.3. The van der Waals surface area contributed by atoms with Crippen LogP contribution >= 0.6 is 0 Å². The minimum Gasteiger partial charge on any atom is -0.462 e. The van der Waals surface area contributed by atoms with Gasteiger partial charge in [-0.25, -0.2) is 4.79 Å². The second-order valence-corrected chi connectivity index (χ2v) is 4.51. The van der Waals surface area contributed by atoms with Gasteiger partial charge < -0.3 is 4.74 Å². The molecule has 0 radical (unpaired) electrons. The Morgan fingerprint density at radius 3 is 2.42 bits per heavy atom. The number of esters is 1. The van der Waals surface area contributed by atoms with Crippen molar-refractivity contribution in [2.75, 3.05) is 6.61 Å². The van der Waals surface area contributed by atoms with Gasteiger partial charge in [0.2, 0.25) is 0 Å². The van der Waals surface area contributed by atoms with Gasteiger partial charge in [0, 0.05) is 0 Å². The fourth-order valence-electron chi connectivity index (χ4n) is 2.15. The summed E-state index contributed by atoms with van der Waals surface area (Å²) in [6.07, 6.45) is 0. The topological polar surface area (TPSA) is 26.3 Å². The molecule has 0 unspecified atom stereocenters. The van der Waals surface area contributed by atoms with Crippen LogP contribution in [0.4, 0.5) is 0 Å². The van der Waals surface area contributed by atoms with E-state index in [1.54, 1.807) is 0 Å². The lowest BCUT2D eigenvalue weighted by Gasteiger charge is -2.12. The normalized spacial score (nSPS) is 10.3. The summed E-state index contributed by atoms with van der Waals surface area (Å²) in [5.74, 6) is -0.265. The van der Waals surface area contributed by atoms with Gasteiger partial charge in [-0.15, -0.1) is 0 Å². The first-order chi connectivity index (χ1) is 9.15. The molecule has 2 aromatic carbocycles. The van der Waals surface area contributed by atoms with Crippen LogP contribution < -0.4 is 0 Å². The van der Waals surface area contributed by atoms with Crippen LogP contribution in [0.1, 0.15) is 28.4 Å². The second kappa shape index (κ2) is 5.70. The lowest BCUT2D eigenvalue weighted by Crippen LogP contribution is -2.06.